The van der Waals surface area contributed by atoms with E-state index in [1.165, 1.54) is 11.3 Å². The molecule has 96 valence electrons. The van der Waals surface area contributed by atoms with Gasteiger partial charge in [-0.3, -0.25) is 9.48 Å². The molecule has 0 aliphatic heterocycles. The number of nitrogens with one attached hydrogen (secondary N) is 1. The highest BCUT2D eigenvalue weighted by molar-refractivity contribution is 7.16. The first-order chi connectivity index (χ1) is 8.58. The first kappa shape index (κ1) is 13.1. The van der Waals surface area contributed by atoms with Crippen molar-refractivity contribution in [1.29, 1.82) is 0 Å². The molecule has 0 unspecified atom stereocenters. The number of halogens is 1. The summed E-state index contributed by atoms with van der Waals surface area (Å²) in [5.41, 5.74) is 0. The van der Waals surface area contributed by atoms with Crippen LogP contribution in [0.5, 0.6) is 0 Å². The van der Waals surface area contributed by atoms with Crippen molar-refractivity contribution in [2.45, 2.75) is 25.9 Å². The van der Waals surface area contributed by atoms with Crippen LogP contribution in [0.15, 0.2) is 30.6 Å². The number of thiophene rings is 1. The van der Waals surface area contributed by atoms with Gasteiger partial charge in [0.2, 0.25) is 5.91 Å². The molecule has 0 saturated carbocycles. The molecule has 2 atom stereocenters. The van der Waals surface area contributed by atoms with Crippen LogP contribution in [0.4, 0.5) is 0 Å². The minimum atomic E-state index is -0.321. The molecule has 4 nitrogen and oxygen atoms in total. The van der Waals surface area contributed by atoms with Crippen molar-refractivity contribution in [2.24, 2.45) is 0 Å². The number of carbonyl (C=O) groups excluding carboxylic acids is 1. The van der Waals surface area contributed by atoms with Crippen LogP contribution >= 0.6 is 22.9 Å². The summed E-state index contributed by atoms with van der Waals surface area (Å²) in [5.74, 6) is -0.0595. The summed E-state index contributed by atoms with van der Waals surface area (Å²) in [6.07, 6.45) is 3.43. The average molecular weight is 284 g/mol. The van der Waals surface area contributed by atoms with Crippen molar-refractivity contribution in [2.75, 3.05) is 0 Å². The third-order valence-corrected chi connectivity index (χ3v) is 4.09. The van der Waals surface area contributed by atoms with Gasteiger partial charge >= 0.3 is 0 Å². The molecule has 2 rings (SSSR count). The van der Waals surface area contributed by atoms with Crippen LogP contribution in [-0.4, -0.2) is 15.7 Å². The van der Waals surface area contributed by atoms with Crippen LogP contribution in [0.2, 0.25) is 4.34 Å². The lowest BCUT2D eigenvalue weighted by atomic mass is 10.2. The number of amides is 1. The summed E-state index contributed by atoms with van der Waals surface area (Å²) in [7, 11) is 0. The van der Waals surface area contributed by atoms with Gasteiger partial charge in [-0.2, -0.15) is 5.10 Å². The van der Waals surface area contributed by atoms with Crippen molar-refractivity contribution in [3.8, 4) is 0 Å². The Labute approximate surface area is 115 Å². The summed E-state index contributed by atoms with van der Waals surface area (Å²) in [6.45, 7) is 3.76. The van der Waals surface area contributed by atoms with Crippen LogP contribution in [0, 0.1) is 0 Å². The predicted molar refractivity (Wildman–Crippen MR) is 72.8 cm³/mol. The highest BCUT2D eigenvalue weighted by atomic mass is 35.5. The summed E-state index contributed by atoms with van der Waals surface area (Å²) >= 11 is 7.35. The number of aromatic nitrogens is 2. The molecule has 6 heteroatoms. The Morgan fingerprint density at radius 1 is 1.50 bits per heavy atom. The van der Waals surface area contributed by atoms with Gasteiger partial charge in [0.05, 0.1) is 10.4 Å². The van der Waals surface area contributed by atoms with E-state index in [-0.39, 0.29) is 18.0 Å². The van der Waals surface area contributed by atoms with Crippen molar-refractivity contribution < 1.29 is 4.79 Å². The lowest BCUT2D eigenvalue weighted by Crippen LogP contribution is -2.32. The zero-order valence-electron chi connectivity index (χ0n) is 10.1. The molecule has 2 heterocycles. The van der Waals surface area contributed by atoms with Gasteiger partial charge in [-0.1, -0.05) is 11.6 Å². The van der Waals surface area contributed by atoms with Crippen LogP contribution in [-0.2, 0) is 4.79 Å². The van der Waals surface area contributed by atoms with Gasteiger partial charge in [0.25, 0.3) is 0 Å². The minimum absolute atomic E-state index is 0.0481. The Balaban J connectivity index is 1.99. The van der Waals surface area contributed by atoms with Gasteiger partial charge in [0, 0.05) is 17.3 Å². The Bertz CT molecular complexity index is 523. The number of hydrogen-bond donors (Lipinski definition) is 1. The first-order valence-electron chi connectivity index (χ1n) is 5.62. The lowest BCUT2D eigenvalue weighted by molar-refractivity contribution is -0.124. The molecule has 0 fully saturated rings. The van der Waals surface area contributed by atoms with Crippen LogP contribution < -0.4 is 5.32 Å². The van der Waals surface area contributed by atoms with Gasteiger partial charge < -0.3 is 5.32 Å². The predicted octanol–water partition coefficient (Wildman–Crippen LogP) is 3.04. The zero-order valence-corrected chi connectivity index (χ0v) is 11.7. The monoisotopic (exact) mass is 283 g/mol. The van der Waals surface area contributed by atoms with E-state index in [4.69, 9.17) is 11.6 Å². The summed E-state index contributed by atoms with van der Waals surface area (Å²) in [4.78, 5) is 13.1. The summed E-state index contributed by atoms with van der Waals surface area (Å²) in [5, 5.41) is 7.01. The molecule has 0 saturated heterocycles. The number of rotatable bonds is 4. The van der Waals surface area contributed by atoms with E-state index in [9.17, 15) is 4.79 Å². The fraction of sp³-hybridized carbons (Fsp3) is 0.333. The molecule has 1 N–H and O–H groups in total. The maximum absolute atomic E-state index is 12.0. The molecule has 0 radical (unpaired) electrons. The molecule has 0 spiro atoms. The standard InChI is InChI=1S/C12H14ClN3OS/c1-8(10-4-5-11(13)18-10)15-12(17)9(2)16-7-3-6-14-16/h3-9H,1-2H3,(H,15,17)/t8-,9+/m1/s1. The lowest BCUT2D eigenvalue weighted by Gasteiger charge is -2.16. The number of carbonyl (C=O) groups is 1. The fourth-order valence-electron chi connectivity index (χ4n) is 1.60. The third-order valence-electron chi connectivity index (χ3n) is 2.68. The molecule has 2 aromatic heterocycles. The van der Waals surface area contributed by atoms with Gasteiger partial charge in [-0.15, -0.1) is 11.3 Å². The molecule has 0 aromatic carbocycles. The van der Waals surface area contributed by atoms with Crippen molar-refractivity contribution >= 4 is 28.8 Å². The maximum atomic E-state index is 12.0. The van der Waals surface area contributed by atoms with Gasteiger partial charge in [0.1, 0.15) is 6.04 Å². The molecule has 0 aliphatic rings. The molecule has 18 heavy (non-hydrogen) atoms. The summed E-state index contributed by atoms with van der Waals surface area (Å²) in [6, 6.07) is 5.19. The van der Waals surface area contributed by atoms with E-state index >= 15 is 0 Å². The molecular formula is C12H14ClN3OS. The van der Waals surface area contributed by atoms with E-state index in [0.29, 0.717) is 0 Å². The van der Waals surface area contributed by atoms with Gasteiger partial charge in [-0.05, 0) is 32.0 Å². The van der Waals surface area contributed by atoms with E-state index in [0.717, 1.165) is 9.21 Å². The second kappa shape index (κ2) is 5.54. The number of hydrogen-bond acceptors (Lipinski definition) is 3. The normalized spacial score (nSPS) is 14.2. The highest BCUT2D eigenvalue weighted by Crippen LogP contribution is 2.26. The average Bonchev–Trinajstić information content (AvgIpc) is 2.98. The number of nitrogens with zero attached hydrogens (tertiary/aromatic N) is 2. The van der Waals surface area contributed by atoms with E-state index in [1.807, 2.05) is 26.0 Å². The van der Waals surface area contributed by atoms with Crippen molar-refractivity contribution in [1.82, 2.24) is 15.1 Å². The molecule has 1 amide bonds. The molecule has 0 aliphatic carbocycles. The van der Waals surface area contributed by atoms with E-state index in [2.05, 4.69) is 10.4 Å². The van der Waals surface area contributed by atoms with E-state index in [1.54, 1.807) is 23.1 Å². The first-order valence-corrected chi connectivity index (χ1v) is 6.82. The van der Waals surface area contributed by atoms with Gasteiger partial charge in [0.15, 0.2) is 0 Å². The topological polar surface area (TPSA) is 46.9 Å². The smallest absolute Gasteiger partial charge is 0.245 e. The maximum Gasteiger partial charge on any atom is 0.245 e. The Kier molecular flexibility index (Phi) is 4.04. The molecular weight excluding hydrogens is 270 g/mol. The van der Waals surface area contributed by atoms with Crippen LogP contribution in [0.1, 0.15) is 30.8 Å². The van der Waals surface area contributed by atoms with Gasteiger partial charge in [-0.25, -0.2) is 0 Å². The Morgan fingerprint density at radius 2 is 2.28 bits per heavy atom. The Morgan fingerprint density at radius 3 is 2.83 bits per heavy atom. The largest absolute Gasteiger partial charge is 0.347 e. The van der Waals surface area contributed by atoms with E-state index < -0.39 is 0 Å². The quantitative estimate of drug-likeness (QED) is 0.937. The second-order valence-electron chi connectivity index (χ2n) is 4.03. The third kappa shape index (κ3) is 2.91. The minimum Gasteiger partial charge on any atom is -0.347 e. The summed E-state index contributed by atoms with van der Waals surface area (Å²) < 4.78 is 2.36. The Hall–Kier alpha value is -1.33. The SMILES string of the molecule is C[C@@H](NC(=O)[C@H](C)n1cccn1)c1ccc(Cl)s1. The fourth-order valence-corrected chi connectivity index (χ4v) is 2.66. The molecule has 2 aromatic rings. The van der Waals surface area contributed by atoms with Crippen LogP contribution in [0.25, 0.3) is 0 Å². The molecule has 0 bridgehead atoms. The second-order valence-corrected chi connectivity index (χ2v) is 5.78. The highest BCUT2D eigenvalue weighted by Gasteiger charge is 2.18. The van der Waals surface area contributed by atoms with Crippen LogP contribution in [0.3, 0.4) is 0 Å². The van der Waals surface area contributed by atoms with Crippen molar-refractivity contribution in [3.63, 3.8) is 0 Å². The van der Waals surface area contributed by atoms with Crippen molar-refractivity contribution in [3.05, 3.63) is 39.8 Å². The zero-order chi connectivity index (χ0) is 13.1.